The number of aromatic nitrogens is 2. The van der Waals surface area contributed by atoms with Gasteiger partial charge in [-0.3, -0.25) is 4.79 Å². The van der Waals surface area contributed by atoms with Crippen LogP contribution < -0.4 is 5.32 Å². The molecule has 2 aromatic rings. The maximum atomic E-state index is 11.9. The molecule has 1 amide bonds. The molecule has 0 radical (unpaired) electrons. The summed E-state index contributed by atoms with van der Waals surface area (Å²) >= 11 is 0. The fourth-order valence-corrected chi connectivity index (χ4v) is 1.99. The molecule has 1 aromatic heterocycles. The Morgan fingerprint density at radius 1 is 1.41 bits per heavy atom. The first-order chi connectivity index (χ1) is 10.7. The summed E-state index contributed by atoms with van der Waals surface area (Å²) in [5.74, 6) is 0.505. The molecule has 22 heavy (non-hydrogen) atoms. The first-order valence-electron chi connectivity index (χ1n) is 7.04. The van der Waals surface area contributed by atoms with Crippen molar-refractivity contribution in [1.29, 1.82) is 0 Å². The van der Waals surface area contributed by atoms with E-state index in [1.54, 1.807) is 6.20 Å². The number of imidazole rings is 1. The minimum absolute atomic E-state index is 0.145. The molecule has 0 bridgehead atoms. The first-order valence-corrected chi connectivity index (χ1v) is 7.04. The number of hydrogen-bond donors (Lipinski definition) is 2. The Balaban J connectivity index is 1.74. The van der Waals surface area contributed by atoms with Crippen LogP contribution in [-0.4, -0.2) is 34.8 Å². The van der Waals surface area contributed by atoms with E-state index >= 15 is 0 Å². The molecule has 1 aromatic carbocycles. The highest BCUT2D eigenvalue weighted by Crippen LogP contribution is 2.01. The number of carbonyl (C=O) groups excluding carboxylic acids is 2. The smallest absolute Gasteiger partial charge is 0.226 e. The Morgan fingerprint density at radius 3 is 2.82 bits per heavy atom. The number of aryl methyl sites for hydroxylation is 1. The van der Waals surface area contributed by atoms with E-state index in [0.29, 0.717) is 18.6 Å². The quantitative estimate of drug-likeness (QED) is 0.717. The second-order valence-corrected chi connectivity index (χ2v) is 4.98. The van der Waals surface area contributed by atoms with Crippen LogP contribution in [0.25, 0.3) is 0 Å². The van der Waals surface area contributed by atoms with Gasteiger partial charge in [0.25, 0.3) is 0 Å². The Morgan fingerprint density at radius 2 is 2.18 bits per heavy atom. The van der Waals surface area contributed by atoms with E-state index < -0.39 is 6.04 Å². The van der Waals surface area contributed by atoms with E-state index in [1.165, 1.54) is 0 Å². The van der Waals surface area contributed by atoms with Gasteiger partial charge < -0.3 is 19.8 Å². The largest absolute Gasteiger partial charge is 0.374 e. The highest BCUT2D eigenvalue weighted by Gasteiger charge is 2.13. The van der Waals surface area contributed by atoms with Crippen LogP contribution in [0.2, 0.25) is 0 Å². The van der Waals surface area contributed by atoms with Gasteiger partial charge in [-0.05, 0) is 12.5 Å². The summed E-state index contributed by atoms with van der Waals surface area (Å²) in [5.41, 5.74) is 1.73. The van der Waals surface area contributed by atoms with Gasteiger partial charge in [0.15, 0.2) is 0 Å². The molecule has 0 spiro atoms. The monoisotopic (exact) mass is 301 g/mol. The lowest BCUT2D eigenvalue weighted by Crippen LogP contribution is -2.40. The standard InChI is InChI=1S/C16H19N3O3/c1-12-17-8-14(18-12)7-16(21)19-15(9-20)11-22-10-13-5-3-2-4-6-13/h2-6,8-9,15H,7,10-11H2,1H3,(H,17,18)(H,19,21). The molecule has 0 saturated carbocycles. The van der Waals surface area contributed by atoms with Gasteiger partial charge in [-0.25, -0.2) is 4.98 Å². The molecule has 1 atom stereocenters. The van der Waals surface area contributed by atoms with Gasteiger partial charge in [0, 0.05) is 11.9 Å². The van der Waals surface area contributed by atoms with Crippen LogP contribution in [0.15, 0.2) is 36.5 Å². The van der Waals surface area contributed by atoms with Crippen LogP contribution in [0.1, 0.15) is 17.1 Å². The normalized spacial score (nSPS) is 11.9. The van der Waals surface area contributed by atoms with Crippen molar-refractivity contribution >= 4 is 12.2 Å². The lowest BCUT2D eigenvalue weighted by atomic mass is 10.2. The number of benzene rings is 1. The number of hydrogen-bond acceptors (Lipinski definition) is 4. The summed E-state index contributed by atoms with van der Waals surface area (Å²) in [4.78, 5) is 29.9. The van der Waals surface area contributed by atoms with Crippen LogP contribution in [0.4, 0.5) is 0 Å². The fraction of sp³-hybridized carbons (Fsp3) is 0.312. The average molecular weight is 301 g/mol. The zero-order valence-electron chi connectivity index (χ0n) is 12.4. The first kappa shape index (κ1) is 15.9. The topological polar surface area (TPSA) is 84.1 Å². The minimum Gasteiger partial charge on any atom is -0.374 e. The summed E-state index contributed by atoms with van der Waals surface area (Å²) in [6.45, 7) is 2.36. The molecule has 0 aliphatic heterocycles. The summed E-state index contributed by atoms with van der Waals surface area (Å²) in [6, 6.07) is 8.99. The van der Waals surface area contributed by atoms with Gasteiger partial charge in [0.2, 0.25) is 5.91 Å². The highest BCUT2D eigenvalue weighted by molar-refractivity contribution is 5.81. The van der Waals surface area contributed by atoms with Gasteiger partial charge in [0.1, 0.15) is 18.2 Å². The lowest BCUT2D eigenvalue weighted by Gasteiger charge is -2.13. The van der Waals surface area contributed by atoms with Crippen molar-refractivity contribution in [3.8, 4) is 0 Å². The molecule has 1 heterocycles. The van der Waals surface area contributed by atoms with Crippen LogP contribution >= 0.6 is 0 Å². The molecule has 2 N–H and O–H groups in total. The summed E-state index contributed by atoms with van der Waals surface area (Å²) < 4.78 is 5.46. The average Bonchev–Trinajstić information content (AvgIpc) is 2.92. The Kier molecular flexibility index (Phi) is 5.85. The Bertz CT molecular complexity index is 610. The number of aromatic amines is 1. The fourth-order valence-electron chi connectivity index (χ4n) is 1.99. The van der Waals surface area contributed by atoms with Gasteiger partial charge in [-0.1, -0.05) is 30.3 Å². The van der Waals surface area contributed by atoms with E-state index in [9.17, 15) is 9.59 Å². The van der Waals surface area contributed by atoms with E-state index in [-0.39, 0.29) is 18.9 Å². The molecule has 0 aliphatic carbocycles. The summed E-state index contributed by atoms with van der Waals surface area (Å²) in [7, 11) is 0. The van der Waals surface area contributed by atoms with Crippen molar-refractivity contribution in [2.45, 2.75) is 26.0 Å². The third-order valence-electron chi connectivity index (χ3n) is 3.03. The molecular formula is C16H19N3O3. The Labute approximate surface area is 128 Å². The van der Waals surface area contributed by atoms with Crippen molar-refractivity contribution in [1.82, 2.24) is 15.3 Å². The lowest BCUT2D eigenvalue weighted by molar-refractivity contribution is -0.124. The van der Waals surface area contributed by atoms with Crippen molar-refractivity contribution in [2.24, 2.45) is 0 Å². The van der Waals surface area contributed by atoms with Crippen LogP contribution in [0.5, 0.6) is 0 Å². The SMILES string of the molecule is Cc1ncc(CC(=O)NC(C=O)COCc2ccccc2)[nH]1. The van der Waals surface area contributed by atoms with Crippen LogP contribution in [-0.2, 0) is 27.4 Å². The van der Waals surface area contributed by atoms with Gasteiger partial charge in [-0.2, -0.15) is 0 Å². The number of carbonyl (C=O) groups is 2. The molecule has 0 aliphatic rings. The van der Waals surface area contributed by atoms with E-state index in [4.69, 9.17) is 4.74 Å². The second kappa shape index (κ2) is 8.09. The van der Waals surface area contributed by atoms with Gasteiger partial charge >= 0.3 is 0 Å². The number of aldehydes is 1. The third kappa shape index (κ3) is 5.14. The molecule has 116 valence electrons. The number of amides is 1. The Hall–Kier alpha value is -2.47. The van der Waals surface area contributed by atoms with E-state index in [0.717, 1.165) is 11.4 Å². The van der Waals surface area contributed by atoms with Gasteiger partial charge in [-0.15, -0.1) is 0 Å². The summed E-state index contributed by atoms with van der Waals surface area (Å²) in [5, 5.41) is 2.63. The predicted molar refractivity (Wildman–Crippen MR) is 81.1 cm³/mol. The molecule has 2 rings (SSSR count). The van der Waals surface area contributed by atoms with E-state index in [2.05, 4.69) is 15.3 Å². The van der Waals surface area contributed by atoms with Crippen LogP contribution in [0.3, 0.4) is 0 Å². The third-order valence-corrected chi connectivity index (χ3v) is 3.03. The number of H-pyrrole nitrogens is 1. The van der Waals surface area contributed by atoms with Crippen molar-refractivity contribution in [3.05, 3.63) is 53.6 Å². The van der Waals surface area contributed by atoms with Crippen molar-refractivity contribution < 1.29 is 14.3 Å². The molecule has 0 fully saturated rings. The minimum atomic E-state index is -0.653. The summed E-state index contributed by atoms with van der Waals surface area (Å²) in [6.07, 6.45) is 2.45. The number of nitrogens with one attached hydrogen (secondary N) is 2. The molecule has 0 saturated heterocycles. The number of rotatable bonds is 8. The number of ether oxygens (including phenoxy) is 1. The molecule has 6 heteroatoms. The molecule has 6 nitrogen and oxygen atoms in total. The van der Waals surface area contributed by atoms with E-state index in [1.807, 2.05) is 37.3 Å². The predicted octanol–water partition coefficient (Wildman–Crippen LogP) is 1.16. The molecular weight excluding hydrogens is 282 g/mol. The number of nitrogens with zero attached hydrogens (tertiary/aromatic N) is 1. The maximum absolute atomic E-state index is 11.9. The van der Waals surface area contributed by atoms with Crippen molar-refractivity contribution in [3.63, 3.8) is 0 Å². The molecule has 1 unspecified atom stereocenters. The highest BCUT2D eigenvalue weighted by atomic mass is 16.5. The maximum Gasteiger partial charge on any atom is 0.226 e. The van der Waals surface area contributed by atoms with Crippen molar-refractivity contribution in [2.75, 3.05) is 6.61 Å². The second-order valence-electron chi connectivity index (χ2n) is 4.98. The van der Waals surface area contributed by atoms with Crippen LogP contribution in [0, 0.1) is 6.92 Å². The zero-order valence-corrected chi connectivity index (χ0v) is 12.4. The zero-order chi connectivity index (χ0) is 15.8. The van der Waals surface area contributed by atoms with Gasteiger partial charge in [0.05, 0.1) is 19.6 Å².